The summed E-state index contributed by atoms with van der Waals surface area (Å²) in [7, 11) is 2.53. The molecule has 0 aromatic heterocycles. The van der Waals surface area contributed by atoms with Crippen LogP contribution in [-0.4, -0.2) is 50.1 Å². The molecule has 0 unspecified atom stereocenters. The predicted molar refractivity (Wildman–Crippen MR) is 96.0 cm³/mol. The Bertz CT molecular complexity index is 450. The quantitative estimate of drug-likeness (QED) is 0.527. The van der Waals surface area contributed by atoms with Crippen molar-refractivity contribution in [2.45, 2.75) is 65.5 Å². The smallest absolute Gasteiger partial charge is 0.328 e. The zero-order valence-electron chi connectivity index (χ0n) is 16.6. The summed E-state index contributed by atoms with van der Waals surface area (Å²) >= 11 is 0. The monoisotopic (exact) mass is 372 g/mol. The molecule has 0 saturated carbocycles. The molecule has 4 atom stereocenters. The van der Waals surface area contributed by atoms with Crippen LogP contribution in [0, 0.1) is 11.8 Å². The number of hydrogen-bond acceptors (Lipinski definition) is 6. The summed E-state index contributed by atoms with van der Waals surface area (Å²) in [6, 6.07) is -1.49. The molecule has 0 aliphatic heterocycles. The molecule has 0 aliphatic carbocycles. The van der Waals surface area contributed by atoms with Crippen LogP contribution < -0.4 is 10.6 Å². The number of amides is 2. The lowest BCUT2D eigenvalue weighted by Gasteiger charge is -2.23. The minimum atomic E-state index is -0.747. The number of hydrogen-bond donors (Lipinski definition) is 2. The van der Waals surface area contributed by atoms with Gasteiger partial charge in [0.2, 0.25) is 11.8 Å². The van der Waals surface area contributed by atoms with Crippen molar-refractivity contribution in [3.63, 3.8) is 0 Å². The third-order valence-corrected chi connectivity index (χ3v) is 4.55. The van der Waals surface area contributed by atoms with Gasteiger partial charge in [0.15, 0.2) is 0 Å². The molecule has 0 fully saturated rings. The lowest BCUT2D eigenvalue weighted by atomic mass is 9.98. The molecule has 0 heterocycles. The molecule has 0 aromatic rings. The average molecular weight is 372 g/mol. The highest BCUT2D eigenvalue weighted by atomic mass is 16.5. The van der Waals surface area contributed by atoms with E-state index in [-0.39, 0.29) is 24.7 Å². The first-order valence-corrected chi connectivity index (χ1v) is 8.96. The minimum absolute atomic E-state index is 0.0886. The van der Waals surface area contributed by atoms with Crippen LogP contribution in [0.3, 0.4) is 0 Å². The van der Waals surface area contributed by atoms with Gasteiger partial charge in [0, 0.05) is 12.8 Å². The van der Waals surface area contributed by atoms with Crippen molar-refractivity contribution in [1.29, 1.82) is 0 Å². The molecule has 8 nitrogen and oxygen atoms in total. The summed E-state index contributed by atoms with van der Waals surface area (Å²) < 4.78 is 9.42. The highest BCUT2D eigenvalue weighted by Gasteiger charge is 2.28. The number of esters is 2. The van der Waals surface area contributed by atoms with Crippen LogP contribution in [-0.2, 0) is 28.7 Å². The van der Waals surface area contributed by atoms with Crippen molar-refractivity contribution < 1.29 is 28.7 Å². The van der Waals surface area contributed by atoms with Crippen LogP contribution in [0.15, 0.2) is 0 Å². The summed E-state index contributed by atoms with van der Waals surface area (Å²) in [5, 5.41) is 5.22. The first kappa shape index (κ1) is 23.9. The van der Waals surface area contributed by atoms with E-state index >= 15 is 0 Å². The van der Waals surface area contributed by atoms with Gasteiger partial charge in [-0.2, -0.15) is 0 Å². The molecule has 0 saturated heterocycles. The molecule has 0 rings (SSSR count). The first-order valence-electron chi connectivity index (χ1n) is 8.96. The standard InChI is InChI=1S/C18H32N2O6/c1-7-11(3)15(17(23)25-5)19-13(21)9-10-14(22)20-16(12(4)8-2)18(24)26-6/h11-12,15-16H,7-10H2,1-6H3,(H,19,21)(H,20,22)/t11-,12-,15-,16-/m0/s1. The Hall–Kier alpha value is -2.12. The molecule has 2 amide bonds. The van der Waals surface area contributed by atoms with Crippen LogP contribution >= 0.6 is 0 Å². The second-order valence-corrected chi connectivity index (χ2v) is 6.41. The SMILES string of the molecule is CC[C@H](C)[C@H](NC(=O)CCC(=O)N[C@H](C(=O)OC)[C@@H](C)CC)C(=O)OC. The number of ether oxygens (including phenoxy) is 2. The van der Waals surface area contributed by atoms with Crippen molar-refractivity contribution in [2.24, 2.45) is 11.8 Å². The average Bonchev–Trinajstić information content (AvgIpc) is 2.65. The molecular weight excluding hydrogens is 340 g/mol. The molecule has 8 heteroatoms. The maximum absolute atomic E-state index is 12.1. The van der Waals surface area contributed by atoms with Gasteiger partial charge in [0.1, 0.15) is 12.1 Å². The molecule has 150 valence electrons. The van der Waals surface area contributed by atoms with Crippen molar-refractivity contribution in [2.75, 3.05) is 14.2 Å². The minimum Gasteiger partial charge on any atom is -0.467 e. The van der Waals surface area contributed by atoms with Gasteiger partial charge in [0.05, 0.1) is 14.2 Å². The fourth-order valence-corrected chi connectivity index (χ4v) is 2.31. The fourth-order valence-electron chi connectivity index (χ4n) is 2.31. The van der Waals surface area contributed by atoms with E-state index in [1.54, 1.807) is 0 Å². The fraction of sp³-hybridized carbons (Fsp3) is 0.778. The van der Waals surface area contributed by atoms with E-state index in [4.69, 9.17) is 9.47 Å². The Kier molecular flexibility index (Phi) is 11.3. The van der Waals surface area contributed by atoms with Gasteiger partial charge in [-0.25, -0.2) is 9.59 Å². The predicted octanol–water partition coefficient (Wildman–Crippen LogP) is 1.17. The zero-order valence-corrected chi connectivity index (χ0v) is 16.6. The van der Waals surface area contributed by atoms with E-state index in [2.05, 4.69) is 10.6 Å². The molecule has 0 spiro atoms. The lowest BCUT2D eigenvalue weighted by molar-refractivity contribution is -0.147. The third-order valence-electron chi connectivity index (χ3n) is 4.55. The molecule has 26 heavy (non-hydrogen) atoms. The summed E-state index contributed by atoms with van der Waals surface area (Å²) in [4.78, 5) is 47.7. The summed E-state index contributed by atoms with van der Waals surface area (Å²) in [6.07, 6.45) is 1.20. The van der Waals surface area contributed by atoms with Gasteiger partial charge in [-0.1, -0.05) is 40.5 Å². The van der Waals surface area contributed by atoms with E-state index in [9.17, 15) is 19.2 Å². The topological polar surface area (TPSA) is 111 Å². The Morgan fingerprint density at radius 2 is 1.04 bits per heavy atom. The van der Waals surface area contributed by atoms with Gasteiger partial charge in [-0.05, 0) is 11.8 Å². The molecule has 0 bridgehead atoms. The van der Waals surface area contributed by atoms with Crippen LogP contribution in [0.4, 0.5) is 0 Å². The second-order valence-electron chi connectivity index (χ2n) is 6.41. The third kappa shape index (κ3) is 7.84. The Morgan fingerprint density at radius 3 is 1.27 bits per heavy atom. The maximum Gasteiger partial charge on any atom is 0.328 e. The number of carbonyl (C=O) groups is 4. The van der Waals surface area contributed by atoms with Crippen molar-refractivity contribution in [3.05, 3.63) is 0 Å². The number of carbonyl (C=O) groups excluding carboxylic acids is 4. The first-order chi connectivity index (χ1) is 12.2. The number of methoxy groups -OCH3 is 2. The second kappa shape index (κ2) is 12.3. The van der Waals surface area contributed by atoms with E-state index < -0.39 is 35.8 Å². The van der Waals surface area contributed by atoms with Crippen LogP contribution in [0.25, 0.3) is 0 Å². The largest absolute Gasteiger partial charge is 0.467 e. The normalized spacial score (nSPS) is 15.2. The van der Waals surface area contributed by atoms with Gasteiger partial charge in [-0.3, -0.25) is 9.59 Å². The Labute approximate surface area is 155 Å². The number of rotatable bonds is 11. The molecular formula is C18H32N2O6. The maximum atomic E-state index is 12.1. The van der Waals surface area contributed by atoms with E-state index in [1.807, 2.05) is 27.7 Å². The van der Waals surface area contributed by atoms with Crippen LogP contribution in [0.2, 0.25) is 0 Å². The molecule has 0 aromatic carbocycles. The van der Waals surface area contributed by atoms with Crippen LogP contribution in [0.5, 0.6) is 0 Å². The van der Waals surface area contributed by atoms with Gasteiger partial charge in [-0.15, -0.1) is 0 Å². The molecule has 0 radical (unpaired) electrons. The highest BCUT2D eigenvalue weighted by molar-refractivity contribution is 5.89. The van der Waals surface area contributed by atoms with Gasteiger partial charge >= 0.3 is 11.9 Å². The van der Waals surface area contributed by atoms with Gasteiger partial charge < -0.3 is 20.1 Å². The van der Waals surface area contributed by atoms with Crippen molar-refractivity contribution in [1.82, 2.24) is 10.6 Å². The van der Waals surface area contributed by atoms with Crippen LogP contribution in [0.1, 0.15) is 53.4 Å². The molecule has 0 aliphatic rings. The summed E-state index contributed by atoms with van der Waals surface area (Å²) in [6.45, 7) is 7.48. The summed E-state index contributed by atoms with van der Waals surface area (Å²) in [5.41, 5.74) is 0. The van der Waals surface area contributed by atoms with Gasteiger partial charge in [0.25, 0.3) is 0 Å². The number of nitrogens with one attached hydrogen (secondary N) is 2. The van der Waals surface area contributed by atoms with Crippen molar-refractivity contribution in [3.8, 4) is 0 Å². The van der Waals surface area contributed by atoms with E-state index in [0.717, 1.165) is 0 Å². The lowest BCUT2D eigenvalue weighted by Crippen LogP contribution is -2.47. The zero-order chi connectivity index (χ0) is 20.3. The summed E-state index contributed by atoms with van der Waals surface area (Å²) in [5.74, 6) is -2.05. The van der Waals surface area contributed by atoms with E-state index in [0.29, 0.717) is 12.8 Å². The Balaban J connectivity index is 4.66. The van der Waals surface area contributed by atoms with Crippen molar-refractivity contribution >= 4 is 23.8 Å². The van der Waals surface area contributed by atoms with E-state index in [1.165, 1.54) is 14.2 Å². The Morgan fingerprint density at radius 1 is 0.731 bits per heavy atom. The highest BCUT2D eigenvalue weighted by Crippen LogP contribution is 2.11. The molecule has 2 N–H and O–H groups in total.